The van der Waals surface area contributed by atoms with Gasteiger partial charge in [-0.15, -0.1) is 11.3 Å². The second-order valence-corrected chi connectivity index (χ2v) is 8.81. The summed E-state index contributed by atoms with van der Waals surface area (Å²) in [5.74, 6) is -0.415. The number of likely N-dealkylation sites (tertiary alicyclic amines) is 1. The topological polar surface area (TPSA) is 89.0 Å². The summed E-state index contributed by atoms with van der Waals surface area (Å²) in [6.07, 6.45) is 2.02. The Hall–Kier alpha value is -2.78. The van der Waals surface area contributed by atoms with Crippen molar-refractivity contribution in [3.63, 3.8) is 0 Å². The predicted octanol–water partition coefficient (Wildman–Crippen LogP) is 2.79. The number of imide groups is 1. The minimum atomic E-state index is -1.31. The zero-order valence-corrected chi connectivity index (χ0v) is 19.7. The third kappa shape index (κ3) is 4.54. The van der Waals surface area contributed by atoms with Gasteiger partial charge in [-0.25, -0.2) is 4.98 Å². The summed E-state index contributed by atoms with van der Waals surface area (Å²) in [5.41, 5.74) is -0.760. The van der Waals surface area contributed by atoms with Gasteiger partial charge < -0.3 is 14.4 Å². The van der Waals surface area contributed by atoms with E-state index in [2.05, 4.69) is 4.98 Å². The van der Waals surface area contributed by atoms with Crippen molar-refractivity contribution < 1.29 is 23.9 Å². The molecule has 0 radical (unpaired) electrons. The van der Waals surface area contributed by atoms with Crippen LogP contribution in [0, 0.1) is 0 Å². The average molecular weight is 460 g/mol. The van der Waals surface area contributed by atoms with Crippen LogP contribution in [0.5, 0.6) is 5.75 Å². The summed E-state index contributed by atoms with van der Waals surface area (Å²) in [4.78, 5) is 47.1. The van der Waals surface area contributed by atoms with Gasteiger partial charge >= 0.3 is 0 Å². The molecule has 1 aliphatic rings. The Morgan fingerprint density at radius 1 is 1.31 bits per heavy atom. The molecule has 2 aromatic rings. The molecule has 8 nitrogen and oxygen atoms in total. The van der Waals surface area contributed by atoms with Crippen molar-refractivity contribution >= 4 is 29.1 Å². The van der Waals surface area contributed by atoms with Crippen LogP contribution in [0.25, 0.3) is 0 Å². The van der Waals surface area contributed by atoms with Crippen LogP contribution in [0.1, 0.15) is 42.8 Å². The average Bonchev–Trinajstić information content (AvgIpc) is 3.41. The lowest BCUT2D eigenvalue weighted by molar-refractivity contribution is -0.143. The number of carbonyl (C=O) groups is 3. The number of thiazole rings is 1. The van der Waals surface area contributed by atoms with Gasteiger partial charge in [0.25, 0.3) is 0 Å². The molecule has 1 aromatic heterocycles. The molecule has 1 aromatic carbocycles. The Bertz CT molecular complexity index is 964. The van der Waals surface area contributed by atoms with Crippen LogP contribution in [-0.4, -0.2) is 66.9 Å². The van der Waals surface area contributed by atoms with Crippen LogP contribution in [0.4, 0.5) is 0 Å². The van der Waals surface area contributed by atoms with E-state index in [4.69, 9.17) is 9.47 Å². The minimum absolute atomic E-state index is 0.0790. The van der Waals surface area contributed by atoms with Crippen molar-refractivity contribution in [2.24, 2.45) is 0 Å². The number of ether oxygens (including phenoxy) is 2. The summed E-state index contributed by atoms with van der Waals surface area (Å²) < 4.78 is 10.6. The maximum absolute atomic E-state index is 13.7. The van der Waals surface area contributed by atoms with E-state index in [-0.39, 0.29) is 43.1 Å². The zero-order valence-electron chi connectivity index (χ0n) is 18.9. The van der Waals surface area contributed by atoms with Gasteiger partial charge in [-0.05, 0) is 19.4 Å². The van der Waals surface area contributed by atoms with Gasteiger partial charge in [0.15, 0.2) is 0 Å². The lowest BCUT2D eigenvalue weighted by atomic mass is 9.75. The first-order chi connectivity index (χ1) is 15.4. The number of aromatic nitrogens is 1. The number of benzene rings is 1. The molecular formula is C23H29N3O5S. The molecule has 0 spiro atoms. The maximum atomic E-state index is 13.7. The van der Waals surface area contributed by atoms with Gasteiger partial charge in [0.2, 0.25) is 17.7 Å². The first-order valence-electron chi connectivity index (χ1n) is 10.5. The van der Waals surface area contributed by atoms with Gasteiger partial charge in [-0.3, -0.25) is 19.3 Å². The first kappa shape index (κ1) is 23.9. The van der Waals surface area contributed by atoms with Crippen molar-refractivity contribution in [2.45, 2.75) is 37.6 Å². The van der Waals surface area contributed by atoms with Crippen LogP contribution in [0.2, 0.25) is 0 Å². The highest BCUT2D eigenvalue weighted by Gasteiger charge is 2.55. The Labute approximate surface area is 192 Å². The zero-order chi connectivity index (χ0) is 23.3. The molecular weight excluding hydrogens is 430 g/mol. The van der Waals surface area contributed by atoms with Gasteiger partial charge in [0.05, 0.1) is 18.6 Å². The fourth-order valence-electron chi connectivity index (χ4n) is 4.08. The predicted molar refractivity (Wildman–Crippen MR) is 120 cm³/mol. The molecule has 32 heavy (non-hydrogen) atoms. The third-order valence-corrected chi connectivity index (χ3v) is 6.94. The minimum Gasteiger partial charge on any atom is -0.496 e. The Morgan fingerprint density at radius 2 is 2.06 bits per heavy atom. The molecule has 3 amide bonds. The summed E-state index contributed by atoms with van der Waals surface area (Å²) in [6, 6.07) is 6.85. The van der Waals surface area contributed by atoms with Crippen LogP contribution in [-0.2, 0) is 24.5 Å². The molecule has 1 saturated heterocycles. The lowest BCUT2D eigenvalue weighted by Gasteiger charge is -2.31. The number of nitrogens with zero attached hydrogens (tertiary/aromatic N) is 3. The number of rotatable bonds is 10. The van der Waals surface area contributed by atoms with E-state index < -0.39 is 5.41 Å². The molecule has 2 atom stereocenters. The summed E-state index contributed by atoms with van der Waals surface area (Å²) in [6.45, 7) is 2.58. The molecule has 3 rings (SSSR count). The van der Waals surface area contributed by atoms with Crippen molar-refractivity contribution in [3.8, 4) is 5.75 Å². The molecule has 0 aliphatic carbocycles. The Balaban J connectivity index is 1.96. The van der Waals surface area contributed by atoms with Crippen molar-refractivity contribution in [1.29, 1.82) is 0 Å². The number of hydrogen-bond donors (Lipinski definition) is 0. The number of carbonyl (C=O) groups excluding carboxylic acids is 3. The van der Waals surface area contributed by atoms with Gasteiger partial charge in [0, 0.05) is 57.3 Å². The molecule has 1 fully saturated rings. The molecule has 0 bridgehead atoms. The van der Waals surface area contributed by atoms with Gasteiger partial charge in [0.1, 0.15) is 10.8 Å². The van der Waals surface area contributed by atoms with Crippen molar-refractivity contribution in [3.05, 3.63) is 46.4 Å². The molecule has 0 N–H and O–H groups in total. The van der Waals surface area contributed by atoms with Gasteiger partial charge in [-0.2, -0.15) is 0 Å². The molecule has 172 valence electrons. The van der Waals surface area contributed by atoms with E-state index in [1.54, 1.807) is 49.5 Å². The highest BCUT2D eigenvalue weighted by molar-refractivity contribution is 7.09. The van der Waals surface area contributed by atoms with Crippen molar-refractivity contribution in [1.82, 2.24) is 14.8 Å². The smallest absolute Gasteiger partial charge is 0.241 e. The normalized spacial score (nSPS) is 19.3. The van der Waals surface area contributed by atoms with Gasteiger partial charge in [-0.1, -0.05) is 18.2 Å². The second kappa shape index (κ2) is 10.2. The number of methoxy groups -OCH3 is 2. The second-order valence-electron chi connectivity index (χ2n) is 7.88. The molecule has 0 saturated carbocycles. The van der Waals surface area contributed by atoms with E-state index in [1.165, 1.54) is 23.3 Å². The summed E-state index contributed by atoms with van der Waals surface area (Å²) >= 11 is 1.47. The number of amides is 3. The number of para-hydroxylation sites is 1. The van der Waals surface area contributed by atoms with Crippen LogP contribution in [0.3, 0.4) is 0 Å². The monoisotopic (exact) mass is 459 g/mol. The van der Waals surface area contributed by atoms with E-state index in [0.717, 1.165) is 5.01 Å². The Kier molecular flexibility index (Phi) is 7.63. The molecule has 1 aliphatic heterocycles. The van der Waals surface area contributed by atoms with E-state index in [1.807, 2.05) is 12.3 Å². The highest BCUT2D eigenvalue weighted by atomic mass is 32.1. The molecule has 9 heteroatoms. The SMILES string of the molecule is COCCCN1C(=O)C[C@@](CC(=O)N(C)[C@H](C)c2nccs2)(c2ccccc2OC)C1=O. The first-order valence-corrected chi connectivity index (χ1v) is 11.4. The molecule has 0 unspecified atom stereocenters. The number of hydrogen-bond acceptors (Lipinski definition) is 7. The third-order valence-electron chi connectivity index (χ3n) is 6.00. The van der Waals surface area contributed by atoms with Crippen LogP contribution >= 0.6 is 11.3 Å². The van der Waals surface area contributed by atoms with Crippen molar-refractivity contribution in [2.75, 3.05) is 34.4 Å². The fourth-order valence-corrected chi connectivity index (χ4v) is 4.82. The Morgan fingerprint density at radius 3 is 2.72 bits per heavy atom. The standard InChI is InChI=1S/C23H29N3O5S/c1-16(21-24-10-13-32-21)25(2)19(27)14-23(17-8-5-6-9-18(17)31-4)15-20(28)26(22(23)29)11-7-12-30-3/h5-6,8-10,13,16H,7,11-12,14-15H2,1-4H3/t16-,23+/m1/s1. The van der Waals surface area contributed by atoms with Crippen LogP contribution < -0.4 is 4.74 Å². The largest absolute Gasteiger partial charge is 0.496 e. The van der Waals surface area contributed by atoms with E-state index >= 15 is 0 Å². The fraction of sp³-hybridized carbons (Fsp3) is 0.478. The lowest BCUT2D eigenvalue weighted by Crippen LogP contribution is -2.43. The molecule has 2 heterocycles. The summed E-state index contributed by atoms with van der Waals surface area (Å²) in [5, 5.41) is 2.67. The van der Waals surface area contributed by atoms with Crippen LogP contribution in [0.15, 0.2) is 35.8 Å². The maximum Gasteiger partial charge on any atom is 0.241 e. The van der Waals surface area contributed by atoms with E-state index in [0.29, 0.717) is 24.3 Å². The quantitative estimate of drug-likeness (QED) is 0.401. The summed E-state index contributed by atoms with van der Waals surface area (Å²) in [7, 11) is 4.79. The highest BCUT2D eigenvalue weighted by Crippen LogP contribution is 2.44. The van der Waals surface area contributed by atoms with E-state index in [9.17, 15) is 14.4 Å².